The molecule has 4 nitrogen and oxygen atoms in total. The molecule has 0 heterocycles. The number of para-hydroxylation sites is 1. The van der Waals surface area contributed by atoms with Crippen molar-refractivity contribution in [2.24, 2.45) is 0 Å². The number of nitrogens with one attached hydrogen (secondary N) is 2. The van der Waals surface area contributed by atoms with Crippen LogP contribution in [0.1, 0.15) is 71.1 Å². The Bertz CT molecular complexity index is 455. The third kappa shape index (κ3) is 10.5. The van der Waals surface area contributed by atoms with E-state index in [1.807, 2.05) is 12.1 Å². The zero-order valence-corrected chi connectivity index (χ0v) is 15.5. The number of amides is 2. The van der Waals surface area contributed by atoms with Crippen molar-refractivity contribution < 1.29 is 9.63 Å². The second-order valence-electron chi connectivity index (χ2n) is 6.07. The molecule has 2 amide bonds. The minimum Gasteiger partial charge on any atom is -0.305 e. The Morgan fingerprint density at radius 3 is 2.17 bits per heavy atom. The zero-order chi connectivity index (χ0) is 17.5. The Morgan fingerprint density at radius 1 is 0.958 bits per heavy atom. The van der Waals surface area contributed by atoms with E-state index in [0.717, 1.165) is 12.8 Å². The van der Waals surface area contributed by atoms with Crippen LogP contribution >= 0.6 is 11.6 Å². The summed E-state index contributed by atoms with van der Waals surface area (Å²) >= 11 is 5.96. The molecular weight excluding hydrogens is 324 g/mol. The molecule has 2 N–H and O–H groups in total. The van der Waals surface area contributed by atoms with Crippen molar-refractivity contribution in [2.45, 2.75) is 71.1 Å². The topological polar surface area (TPSA) is 50.4 Å². The Balaban J connectivity index is 1.90. The van der Waals surface area contributed by atoms with Gasteiger partial charge in [-0.2, -0.15) is 0 Å². The minimum absolute atomic E-state index is 0.407. The summed E-state index contributed by atoms with van der Waals surface area (Å²) in [4.78, 5) is 16.8. The smallest absolute Gasteiger partial charge is 0.305 e. The number of hydroxylamine groups is 1. The first-order valence-electron chi connectivity index (χ1n) is 9.17. The largest absolute Gasteiger partial charge is 0.343 e. The molecular formula is C19H31ClN2O2. The van der Waals surface area contributed by atoms with Crippen LogP contribution < -0.4 is 10.8 Å². The van der Waals surface area contributed by atoms with Crippen LogP contribution in [0.25, 0.3) is 0 Å². The lowest BCUT2D eigenvalue weighted by atomic mass is 10.1. The fraction of sp³-hybridized carbons (Fsp3) is 0.632. The van der Waals surface area contributed by atoms with Gasteiger partial charge >= 0.3 is 6.03 Å². The number of benzene rings is 1. The predicted molar refractivity (Wildman–Crippen MR) is 101 cm³/mol. The third-order valence-corrected chi connectivity index (χ3v) is 4.22. The van der Waals surface area contributed by atoms with Crippen LogP contribution in [-0.4, -0.2) is 12.6 Å². The summed E-state index contributed by atoms with van der Waals surface area (Å²) in [5.74, 6) is 0. The first kappa shape index (κ1) is 20.8. The zero-order valence-electron chi connectivity index (χ0n) is 14.8. The number of carbonyl (C=O) groups excluding carboxylic acids is 1. The predicted octanol–water partition coefficient (Wildman–Crippen LogP) is 6.31. The lowest BCUT2D eigenvalue weighted by Gasteiger charge is -2.09. The number of carbonyl (C=O) groups is 1. The van der Waals surface area contributed by atoms with E-state index in [2.05, 4.69) is 17.7 Å². The Hall–Kier alpha value is -1.26. The molecule has 0 saturated carbocycles. The van der Waals surface area contributed by atoms with Gasteiger partial charge in [0.1, 0.15) is 0 Å². The highest BCUT2D eigenvalue weighted by atomic mass is 35.5. The molecule has 0 bridgehead atoms. The van der Waals surface area contributed by atoms with Crippen molar-refractivity contribution in [1.29, 1.82) is 0 Å². The molecule has 0 fully saturated rings. The summed E-state index contributed by atoms with van der Waals surface area (Å²) in [7, 11) is 0. The van der Waals surface area contributed by atoms with Gasteiger partial charge < -0.3 is 5.32 Å². The molecule has 1 rings (SSSR count). The number of hydrogen-bond donors (Lipinski definition) is 2. The number of urea groups is 1. The molecule has 0 spiro atoms. The maximum atomic E-state index is 11.6. The van der Waals surface area contributed by atoms with Crippen LogP contribution in [0.15, 0.2) is 24.3 Å². The molecule has 0 aliphatic carbocycles. The SMILES string of the molecule is CCCCCCCCCCCCONC(=O)Nc1ccccc1Cl. The highest BCUT2D eigenvalue weighted by Gasteiger charge is 2.04. The van der Waals surface area contributed by atoms with Crippen molar-refractivity contribution >= 4 is 23.3 Å². The van der Waals surface area contributed by atoms with Gasteiger partial charge in [0.15, 0.2) is 0 Å². The van der Waals surface area contributed by atoms with Crippen molar-refractivity contribution in [3.63, 3.8) is 0 Å². The Kier molecular flexibility index (Phi) is 12.2. The quantitative estimate of drug-likeness (QED) is 0.322. The van der Waals surface area contributed by atoms with Crippen molar-refractivity contribution in [1.82, 2.24) is 5.48 Å². The maximum absolute atomic E-state index is 11.6. The van der Waals surface area contributed by atoms with Crippen LogP contribution in [-0.2, 0) is 4.84 Å². The van der Waals surface area contributed by atoms with Gasteiger partial charge in [0.05, 0.1) is 17.3 Å². The first-order valence-corrected chi connectivity index (χ1v) is 9.55. The van der Waals surface area contributed by atoms with Crippen LogP contribution in [0.5, 0.6) is 0 Å². The molecule has 1 aromatic rings. The molecule has 0 radical (unpaired) electrons. The first-order chi connectivity index (χ1) is 11.7. The molecule has 0 aliphatic heterocycles. The highest BCUT2D eigenvalue weighted by Crippen LogP contribution is 2.20. The van der Waals surface area contributed by atoms with Gasteiger partial charge in [-0.1, -0.05) is 88.4 Å². The molecule has 5 heteroatoms. The minimum atomic E-state index is -0.407. The third-order valence-electron chi connectivity index (χ3n) is 3.89. The lowest BCUT2D eigenvalue weighted by molar-refractivity contribution is 0.0631. The summed E-state index contributed by atoms with van der Waals surface area (Å²) < 4.78 is 0. The van der Waals surface area contributed by atoms with E-state index in [1.165, 1.54) is 51.4 Å². The van der Waals surface area contributed by atoms with E-state index >= 15 is 0 Å². The number of unbranched alkanes of at least 4 members (excludes halogenated alkanes) is 9. The number of rotatable bonds is 13. The standard InChI is InChI=1S/C19H31ClN2O2/c1-2-3-4-5-6-7-8-9-10-13-16-24-22-19(23)21-18-15-12-11-14-17(18)20/h11-12,14-15H,2-10,13,16H2,1H3,(H2,21,22,23). The molecule has 1 aromatic carbocycles. The molecule has 136 valence electrons. The summed E-state index contributed by atoms with van der Waals surface area (Å²) in [6.07, 6.45) is 12.8. The van der Waals surface area contributed by atoms with Gasteiger partial charge in [0, 0.05) is 0 Å². The van der Waals surface area contributed by atoms with Crippen molar-refractivity contribution in [3.8, 4) is 0 Å². The van der Waals surface area contributed by atoms with Crippen LogP contribution in [0.4, 0.5) is 10.5 Å². The monoisotopic (exact) mass is 354 g/mol. The summed E-state index contributed by atoms with van der Waals surface area (Å²) in [6.45, 7) is 2.78. The molecule has 0 atom stereocenters. The maximum Gasteiger partial charge on any atom is 0.343 e. The fourth-order valence-electron chi connectivity index (χ4n) is 2.49. The fourth-order valence-corrected chi connectivity index (χ4v) is 2.67. The van der Waals surface area contributed by atoms with Crippen LogP contribution in [0.3, 0.4) is 0 Å². The van der Waals surface area contributed by atoms with Crippen LogP contribution in [0.2, 0.25) is 5.02 Å². The van der Waals surface area contributed by atoms with Gasteiger partial charge in [-0.25, -0.2) is 10.3 Å². The molecule has 0 unspecified atom stereocenters. The van der Waals surface area contributed by atoms with Crippen LogP contribution in [0, 0.1) is 0 Å². The van der Waals surface area contributed by atoms with Crippen molar-refractivity contribution in [3.05, 3.63) is 29.3 Å². The summed E-state index contributed by atoms with van der Waals surface area (Å²) in [5.41, 5.74) is 2.95. The second-order valence-corrected chi connectivity index (χ2v) is 6.47. The van der Waals surface area contributed by atoms with E-state index in [-0.39, 0.29) is 0 Å². The second kappa shape index (κ2) is 14.1. The number of anilines is 1. The average molecular weight is 355 g/mol. The summed E-state index contributed by atoms with van der Waals surface area (Å²) in [5, 5.41) is 3.15. The van der Waals surface area contributed by atoms with Gasteiger partial charge in [-0.15, -0.1) is 0 Å². The normalized spacial score (nSPS) is 10.6. The van der Waals surface area contributed by atoms with E-state index in [0.29, 0.717) is 17.3 Å². The van der Waals surface area contributed by atoms with Gasteiger partial charge in [0.2, 0.25) is 0 Å². The molecule has 24 heavy (non-hydrogen) atoms. The van der Waals surface area contributed by atoms with E-state index < -0.39 is 6.03 Å². The van der Waals surface area contributed by atoms with E-state index in [9.17, 15) is 4.79 Å². The van der Waals surface area contributed by atoms with E-state index in [1.54, 1.807) is 12.1 Å². The number of hydrogen-bond acceptors (Lipinski definition) is 2. The van der Waals surface area contributed by atoms with Gasteiger partial charge in [0.25, 0.3) is 0 Å². The van der Waals surface area contributed by atoms with Crippen molar-refractivity contribution in [2.75, 3.05) is 11.9 Å². The number of halogens is 1. The lowest BCUT2D eigenvalue weighted by Crippen LogP contribution is -2.29. The molecule has 0 saturated heterocycles. The average Bonchev–Trinajstić information content (AvgIpc) is 2.58. The Labute approximate surface area is 151 Å². The highest BCUT2D eigenvalue weighted by molar-refractivity contribution is 6.33. The Morgan fingerprint density at radius 2 is 1.54 bits per heavy atom. The molecule has 0 aliphatic rings. The van der Waals surface area contributed by atoms with Gasteiger partial charge in [-0.05, 0) is 18.6 Å². The molecule has 0 aromatic heterocycles. The summed E-state index contributed by atoms with van der Waals surface area (Å²) in [6, 6.07) is 6.68. The van der Waals surface area contributed by atoms with Gasteiger partial charge in [-0.3, -0.25) is 4.84 Å². The van der Waals surface area contributed by atoms with E-state index in [4.69, 9.17) is 16.4 Å².